The summed E-state index contributed by atoms with van der Waals surface area (Å²) in [5.41, 5.74) is 0.904. The van der Waals surface area contributed by atoms with Crippen molar-refractivity contribution in [3.05, 3.63) is 95.3 Å². The van der Waals surface area contributed by atoms with Crippen molar-refractivity contribution in [2.45, 2.75) is 69.0 Å². The van der Waals surface area contributed by atoms with Crippen LogP contribution in [-0.2, 0) is 26.2 Å². The molecule has 3 aromatic carbocycles. The van der Waals surface area contributed by atoms with Gasteiger partial charge in [0.05, 0.1) is 10.6 Å². The minimum absolute atomic E-state index is 0.0221. The van der Waals surface area contributed by atoms with Gasteiger partial charge in [-0.15, -0.1) is 0 Å². The molecule has 1 N–H and O–H groups in total. The van der Waals surface area contributed by atoms with Gasteiger partial charge in [-0.05, 0) is 67.3 Å². The SMILES string of the molecule is CCC(C(=O)NC1CCCCC1)N(Cc1ccccc1Cl)C(=O)CN(c1ccccc1)S(=O)(=O)c1ccc(F)cc1. The smallest absolute Gasteiger partial charge is 0.264 e. The zero-order chi connectivity index (χ0) is 29.4. The van der Waals surface area contributed by atoms with Crippen molar-refractivity contribution in [2.75, 3.05) is 10.8 Å². The highest BCUT2D eigenvalue weighted by Crippen LogP contribution is 2.26. The second kappa shape index (κ2) is 14.0. The van der Waals surface area contributed by atoms with Gasteiger partial charge in [-0.2, -0.15) is 0 Å². The zero-order valence-electron chi connectivity index (χ0n) is 23.0. The Morgan fingerprint density at radius 1 is 0.951 bits per heavy atom. The van der Waals surface area contributed by atoms with E-state index in [9.17, 15) is 22.4 Å². The molecule has 0 aliphatic heterocycles. The van der Waals surface area contributed by atoms with Crippen molar-refractivity contribution in [1.82, 2.24) is 10.2 Å². The first-order valence-corrected chi connectivity index (χ1v) is 15.7. The van der Waals surface area contributed by atoms with E-state index in [-0.39, 0.29) is 29.1 Å². The van der Waals surface area contributed by atoms with E-state index in [0.29, 0.717) is 17.0 Å². The monoisotopic (exact) mass is 599 g/mol. The number of hydrogen-bond acceptors (Lipinski definition) is 4. The second-order valence-corrected chi connectivity index (χ2v) is 12.5. The maximum Gasteiger partial charge on any atom is 0.264 e. The Hall–Kier alpha value is -3.43. The molecular weight excluding hydrogens is 565 g/mol. The highest BCUT2D eigenvalue weighted by atomic mass is 35.5. The third kappa shape index (κ3) is 7.65. The summed E-state index contributed by atoms with van der Waals surface area (Å²) in [4.78, 5) is 28.9. The number of rotatable bonds is 11. The van der Waals surface area contributed by atoms with Crippen molar-refractivity contribution in [2.24, 2.45) is 0 Å². The summed E-state index contributed by atoms with van der Waals surface area (Å²) in [6, 6.07) is 18.9. The van der Waals surface area contributed by atoms with Crippen LogP contribution in [0.1, 0.15) is 51.0 Å². The third-order valence-corrected chi connectivity index (χ3v) is 9.52. The second-order valence-electron chi connectivity index (χ2n) is 10.2. The number of para-hydroxylation sites is 1. The van der Waals surface area contributed by atoms with E-state index in [1.165, 1.54) is 17.0 Å². The molecule has 0 bridgehead atoms. The molecule has 1 unspecified atom stereocenters. The van der Waals surface area contributed by atoms with Crippen LogP contribution in [0.4, 0.5) is 10.1 Å². The molecule has 0 heterocycles. The van der Waals surface area contributed by atoms with Gasteiger partial charge in [0.2, 0.25) is 11.8 Å². The van der Waals surface area contributed by atoms with Crippen LogP contribution in [0.5, 0.6) is 0 Å². The highest BCUT2D eigenvalue weighted by molar-refractivity contribution is 7.92. The Morgan fingerprint density at radius 2 is 1.59 bits per heavy atom. The van der Waals surface area contributed by atoms with Gasteiger partial charge in [-0.25, -0.2) is 12.8 Å². The normalized spacial score (nSPS) is 14.7. The number of nitrogens with zero attached hydrogens (tertiary/aromatic N) is 2. The number of carbonyl (C=O) groups excluding carboxylic acids is 2. The number of amides is 2. The van der Waals surface area contributed by atoms with E-state index in [0.717, 1.165) is 48.5 Å². The number of carbonyl (C=O) groups is 2. The Kier molecular flexibility index (Phi) is 10.4. The molecule has 4 rings (SSSR count). The Morgan fingerprint density at radius 3 is 2.22 bits per heavy atom. The van der Waals surface area contributed by atoms with E-state index in [1.807, 2.05) is 6.92 Å². The van der Waals surface area contributed by atoms with Crippen LogP contribution < -0.4 is 9.62 Å². The standard InChI is InChI=1S/C31H35ClFN3O4S/c1-2-29(31(38)34-25-12-5-3-6-13-25)35(21-23-11-9-10-16-28(23)32)30(37)22-36(26-14-7-4-8-15-26)41(39,40)27-19-17-24(33)18-20-27/h4,7-11,14-20,25,29H,2-3,5-6,12-13,21-22H2,1H3,(H,34,38). The molecule has 1 atom stereocenters. The lowest BCUT2D eigenvalue weighted by atomic mass is 9.95. The van der Waals surface area contributed by atoms with Crippen molar-refractivity contribution in [3.63, 3.8) is 0 Å². The highest BCUT2D eigenvalue weighted by Gasteiger charge is 2.34. The predicted molar refractivity (Wildman–Crippen MR) is 158 cm³/mol. The van der Waals surface area contributed by atoms with Crippen molar-refractivity contribution in [1.29, 1.82) is 0 Å². The fraction of sp³-hybridized carbons (Fsp3) is 0.355. The number of sulfonamides is 1. The molecule has 7 nitrogen and oxygen atoms in total. The largest absolute Gasteiger partial charge is 0.352 e. The predicted octanol–water partition coefficient (Wildman–Crippen LogP) is 5.93. The van der Waals surface area contributed by atoms with Crippen molar-refractivity contribution < 1.29 is 22.4 Å². The van der Waals surface area contributed by atoms with Gasteiger partial charge in [0, 0.05) is 17.6 Å². The Labute approximate surface area is 246 Å². The summed E-state index contributed by atoms with van der Waals surface area (Å²) < 4.78 is 42.2. The van der Waals surface area contributed by atoms with E-state index in [2.05, 4.69) is 5.32 Å². The average Bonchev–Trinajstić information content (AvgIpc) is 2.97. The quantitative estimate of drug-likeness (QED) is 0.296. The maximum atomic E-state index is 14.1. The topological polar surface area (TPSA) is 86.8 Å². The van der Waals surface area contributed by atoms with Gasteiger partial charge in [-0.3, -0.25) is 13.9 Å². The summed E-state index contributed by atoms with van der Waals surface area (Å²) in [5.74, 6) is -1.41. The molecule has 1 aliphatic carbocycles. The summed E-state index contributed by atoms with van der Waals surface area (Å²) in [5, 5.41) is 3.56. The van der Waals surface area contributed by atoms with Crippen molar-refractivity contribution in [3.8, 4) is 0 Å². The zero-order valence-corrected chi connectivity index (χ0v) is 24.6. The van der Waals surface area contributed by atoms with Crippen LogP contribution in [0.25, 0.3) is 0 Å². The van der Waals surface area contributed by atoms with Crippen LogP contribution in [0.3, 0.4) is 0 Å². The third-order valence-electron chi connectivity index (χ3n) is 7.36. The van der Waals surface area contributed by atoms with Gasteiger partial charge >= 0.3 is 0 Å². The summed E-state index contributed by atoms with van der Waals surface area (Å²) in [6.45, 7) is 1.28. The molecule has 1 fully saturated rings. The molecule has 10 heteroatoms. The fourth-order valence-electron chi connectivity index (χ4n) is 5.13. The van der Waals surface area contributed by atoms with Gasteiger partial charge in [0.15, 0.2) is 0 Å². The minimum atomic E-state index is -4.26. The first-order valence-electron chi connectivity index (χ1n) is 13.9. The molecule has 2 amide bonds. The lowest BCUT2D eigenvalue weighted by Gasteiger charge is -2.34. The molecule has 0 saturated heterocycles. The maximum absolute atomic E-state index is 14.1. The lowest BCUT2D eigenvalue weighted by Crippen LogP contribution is -2.54. The van der Waals surface area contributed by atoms with E-state index in [1.54, 1.807) is 54.6 Å². The molecule has 1 saturated carbocycles. The molecular formula is C31H35ClFN3O4S. The first-order chi connectivity index (χ1) is 19.7. The Balaban J connectivity index is 1.69. The van der Waals surface area contributed by atoms with Gasteiger partial charge in [0.25, 0.3) is 10.0 Å². The number of nitrogens with one attached hydrogen (secondary N) is 1. The minimum Gasteiger partial charge on any atom is -0.352 e. The number of anilines is 1. The van der Waals surface area contributed by atoms with Crippen LogP contribution >= 0.6 is 11.6 Å². The molecule has 3 aromatic rings. The van der Waals surface area contributed by atoms with Gasteiger partial charge in [0.1, 0.15) is 18.4 Å². The number of halogens is 2. The molecule has 41 heavy (non-hydrogen) atoms. The van der Waals surface area contributed by atoms with E-state index >= 15 is 0 Å². The van der Waals surface area contributed by atoms with Crippen LogP contribution in [0, 0.1) is 5.82 Å². The Bertz CT molecular complexity index is 1430. The fourth-order valence-corrected chi connectivity index (χ4v) is 6.74. The number of hydrogen-bond donors (Lipinski definition) is 1. The van der Waals surface area contributed by atoms with Gasteiger partial charge in [-0.1, -0.05) is 74.2 Å². The van der Waals surface area contributed by atoms with Crippen LogP contribution in [0.15, 0.2) is 83.8 Å². The average molecular weight is 600 g/mol. The molecule has 0 aromatic heterocycles. The first kappa shape index (κ1) is 30.5. The summed E-state index contributed by atoms with van der Waals surface area (Å²) >= 11 is 6.45. The van der Waals surface area contributed by atoms with Gasteiger partial charge < -0.3 is 10.2 Å². The lowest BCUT2D eigenvalue weighted by molar-refractivity contribution is -0.140. The molecule has 0 spiro atoms. The van der Waals surface area contributed by atoms with Crippen LogP contribution in [-0.4, -0.2) is 43.8 Å². The van der Waals surface area contributed by atoms with E-state index < -0.39 is 34.3 Å². The molecule has 1 aliphatic rings. The van der Waals surface area contributed by atoms with E-state index in [4.69, 9.17) is 11.6 Å². The summed E-state index contributed by atoms with van der Waals surface area (Å²) in [6.07, 6.45) is 5.31. The summed E-state index contributed by atoms with van der Waals surface area (Å²) in [7, 11) is -4.26. The molecule has 0 radical (unpaired) electrons. The van der Waals surface area contributed by atoms with Crippen LogP contribution in [0.2, 0.25) is 5.02 Å². The van der Waals surface area contributed by atoms with Crippen molar-refractivity contribution >= 4 is 39.1 Å². The molecule has 218 valence electrons. The number of benzene rings is 3.